The maximum Gasteiger partial charge on any atom is 0.341 e. The molecule has 1 saturated carbocycles. The number of pyridine rings is 1. The Bertz CT molecular complexity index is 1070. The second kappa shape index (κ2) is 12.0. The number of halogens is 1. The molecule has 1 N–H and O–H groups in total. The number of anilines is 1. The SMILES string of the molecule is CCCCCCCCCCCN1CCN(c2cc3c(cc2F)c(=O)c(C(=O)O)cn3C2CC2)CC1. The first kappa shape index (κ1) is 25.7. The zero-order chi connectivity index (χ0) is 24.8. The summed E-state index contributed by atoms with van der Waals surface area (Å²) in [5.74, 6) is -1.72. The fraction of sp³-hybridized carbons (Fsp3) is 0.643. The highest BCUT2D eigenvalue weighted by Gasteiger charge is 2.28. The Morgan fingerprint density at radius 2 is 1.60 bits per heavy atom. The lowest BCUT2D eigenvalue weighted by Crippen LogP contribution is -2.47. The van der Waals surface area contributed by atoms with E-state index in [9.17, 15) is 14.7 Å². The number of carbonyl (C=O) groups is 1. The predicted octanol–water partition coefficient (Wildman–Crippen LogP) is 5.83. The number of fused-ring (bicyclic) bond motifs is 1. The van der Waals surface area contributed by atoms with Gasteiger partial charge in [-0.2, -0.15) is 0 Å². The molecular weight excluding hydrogens is 445 g/mol. The van der Waals surface area contributed by atoms with Crippen LogP contribution in [0.15, 0.2) is 23.1 Å². The number of benzene rings is 1. The van der Waals surface area contributed by atoms with Crippen LogP contribution in [0, 0.1) is 5.82 Å². The van der Waals surface area contributed by atoms with Crippen LogP contribution in [-0.2, 0) is 0 Å². The van der Waals surface area contributed by atoms with Gasteiger partial charge in [0.25, 0.3) is 0 Å². The molecule has 1 saturated heterocycles. The number of hydrogen-bond donors (Lipinski definition) is 1. The predicted molar refractivity (Wildman–Crippen MR) is 139 cm³/mol. The molecule has 7 heteroatoms. The Morgan fingerprint density at radius 1 is 0.971 bits per heavy atom. The second-order valence-electron chi connectivity index (χ2n) is 10.3. The molecule has 6 nitrogen and oxygen atoms in total. The standard InChI is InChI=1S/C28H40FN3O3/c1-2-3-4-5-6-7-8-9-10-13-30-14-16-31(17-15-30)26-19-25-22(18-24(26)29)27(33)23(28(34)35)20-32(25)21-11-12-21/h18-21H,2-17H2,1H3,(H,34,35). The lowest BCUT2D eigenvalue weighted by molar-refractivity contribution is 0.0695. The summed E-state index contributed by atoms with van der Waals surface area (Å²) in [4.78, 5) is 28.8. The molecule has 0 unspecified atom stereocenters. The average molecular weight is 486 g/mol. The van der Waals surface area contributed by atoms with E-state index in [0.29, 0.717) is 11.2 Å². The minimum atomic E-state index is -1.26. The van der Waals surface area contributed by atoms with Crippen LogP contribution >= 0.6 is 0 Å². The molecule has 1 aliphatic carbocycles. The van der Waals surface area contributed by atoms with Crippen LogP contribution in [0.5, 0.6) is 0 Å². The molecule has 35 heavy (non-hydrogen) atoms. The van der Waals surface area contributed by atoms with Gasteiger partial charge < -0.3 is 14.6 Å². The van der Waals surface area contributed by atoms with Gasteiger partial charge >= 0.3 is 5.97 Å². The molecule has 1 aromatic carbocycles. The summed E-state index contributed by atoms with van der Waals surface area (Å²) < 4.78 is 17.0. The molecule has 0 amide bonds. The Kier molecular flexibility index (Phi) is 8.82. The highest BCUT2D eigenvalue weighted by molar-refractivity contribution is 5.93. The lowest BCUT2D eigenvalue weighted by atomic mass is 10.1. The van der Waals surface area contributed by atoms with Gasteiger partial charge in [-0.05, 0) is 37.9 Å². The minimum Gasteiger partial charge on any atom is -0.477 e. The first-order chi connectivity index (χ1) is 17.0. The molecule has 1 aliphatic heterocycles. The molecule has 2 aromatic rings. The molecule has 2 aliphatic rings. The third-order valence-electron chi connectivity index (χ3n) is 7.56. The molecule has 0 spiro atoms. The van der Waals surface area contributed by atoms with Gasteiger partial charge in [0.05, 0.1) is 11.2 Å². The van der Waals surface area contributed by atoms with Gasteiger partial charge in [-0.25, -0.2) is 9.18 Å². The molecule has 4 rings (SSSR count). The summed E-state index contributed by atoms with van der Waals surface area (Å²) in [6.45, 7) is 6.66. The fourth-order valence-corrected chi connectivity index (χ4v) is 5.27. The van der Waals surface area contributed by atoms with Crippen molar-refractivity contribution in [1.82, 2.24) is 9.47 Å². The van der Waals surface area contributed by atoms with E-state index in [1.165, 1.54) is 70.1 Å². The van der Waals surface area contributed by atoms with E-state index < -0.39 is 17.2 Å². The number of piperazine rings is 1. The van der Waals surface area contributed by atoms with E-state index >= 15 is 4.39 Å². The quantitative estimate of drug-likeness (QED) is 0.362. The van der Waals surface area contributed by atoms with Crippen molar-refractivity contribution in [2.75, 3.05) is 37.6 Å². The molecular formula is C28H40FN3O3. The maximum atomic E-state index is 15.1. The van der Waals surface area contributed by atoms with E-state index in [4.69, 9.17) is 0 Å². The van der Waals surface area contributed by atoms with E-state index in [1.807, 2.05) is 4.57 Å². The summed E-state index contributed by atoms with van der Waals surface area (Å²) >= 11 is 0. The molecule has 1 aromatic heterocycles. The third-order valence-corrected chi connectivity index (χ3v) is 7.56. The van der Waals surface area contributed by atoms with E-state index in [-0.39, 0.29) is 17.0 Å². The van der Waals surface area contributed by atoms with Crippen LogP contribution in [-0.4, -0.2) is 53.3 Å². The Labute approximate surface area is 207 Å². The van der Waals surface area contributed by atoms with Gasteiger partial charge in [0, 0.05) is 43.8 Å². The summed E-state index contributed by atoms with van der Waals surface area (Å²) in [6, 6.07) is 3.18. The molecule has 0 atom stereocenters. The Hall–Kier alpha value is -2.41. The van der Waals surface area contributed by atoms with Crippen LogP contribution in [0.2, 0.25) is 0 Å². The number of unbranched alkanes of at least 4 members (excludes halogenated alkanes) is 8. The van der Waals surface area contributed by atoms with Crippen molar-refractivity contribution in [3.05, 3.63) is 39.9 Å². The number of carboxylic acids is 1. The number of aromatic nitrogens is 1. The van der Waals surface area contributed by atoms with Crippen molar-refractivity contribution in [1.29, 1.82) is 0 Å². The molecule has 2 heterocycles. The second-order valence-corrected chi connectivity index (χ2v) is 10.3. The Morgan fingerprint density at radius 3 is 2.20 bits per heavy atom. The highest BCUT2D eigenvalue weighted by Crippen LogP contribution is 2.38. The van der Waals surface area contributed by atoms with Crippen LogP contribution in [0.3, 0.4) is 0 Å². The van der Waals surface area contributed by atoms with E-state index in [1.54, 1.807) is 6.07 Å². The van der Waals surface area contributed by atoms with Crippen LogP contribution in [0.1, 0.15) is 94.0 Å². The van der Waals surface area contributed by atoms with Crippen LogP contribution in [0.4, 0.5) is 10.1 Å². The number of rotatable bonds is 13. The minimum absolute atomic E-state index is 0.155. The van der Waals surface area contributed by atoms with Gasteiger partial charge in [0.15, 0.2) is 0 Å². The highest BCUT2D eigenvalue weighted by atomic mass is 19.1. The average Bonchev–Trinajstić information content (AvgIpc) is 3.69. The zero-order valence-electron chi connectivity index (χ0n) is 21.1. The van der Waals surface area contributed by atoms with Crippen molar-refractivity contribution in [2.45, 2.75) is 83.6 Å². The van der Waals surface area contributed by atoms with Gasteiger partial charge in [-0.15, -0.1) is 0 Å². The molecule has 2 fully saturated rings. The number of nitrogens with zero attached hydrogens (tertiary/aromatic N) is 3. The first-order valence-corrected chi connectivity index (χ1v) is 13.6. The monoisotopic (exact) mass is 485 g/mol. The van der Waals surface area contributed by atoms with Gasteiger partial charge in [0.2, 0.25) is 5.43 Å². The zero-order valence-corrected chi connectivity index (χ0v) is 21.1. The largest absolute Gasteiger partial charge is 0.477 e. The maximum absolute atomic E-state index is 15.1. The van der Waals surface area contributed by atoms with Crippen LogP contribution in [0.25, 0.3) is 10.9 Å². The smallest absolute Gasteiger partial charge is 0.341 e. The molecule has 192 valence electrons. The summed E-state index contributed by atoms with van der Waals surface area (Å²) in [5.41, 5.74) is 0.246. The topological polar surface area (TPSA) is 65.8 Å². The summed E-state index contributed by atoms with van der Waals surface area (Å²) in [5, 5.41) is 9.58. The van der Waals surface area contributed by atoms with E-state index in [0.717, 1.165) is 45.6 Å². The van der Waals surface area contributed by atoms with Gasteiger partial charge in [-0.1, -0.05) is 58.3 Å². The summed E-state index contributed by atoms with van der Waals surface area (Å²) in [7, 11) is 0. The molecule has 0 radical (unpaired) electrons. The first-order valence-electron chi connectivity index (χ1n) is 13.6. The van der Waals surface area contributed by atoms with Crippen molar-refractivity contribution in [3.63, 3.8) is 0 Å². The molecule has 0 bridgehead atoms. The van der Waals surface area contributed by atoms with Crippen molar-refractivity contribution < 1.29 is 14.3 Å². The lowest BCUT2D eigenvalue weighted by Gasteiger charge is -2.36. The number of hydrogen-bond acceptors (Lipinski definition) is 4. The Balaban J connectivity index is 1.33. The van der Waals surface area contributed by atoms with E-state index in [2.05, 4.69) is 16.7 Å². The normalized spacial score (nSPS) is 16.8. The number of carboxylic acid groups (broad SMARTS) is 1. The van der Waals surface area contributed by atoms with Gasteiger partial charge in [-0.3, -0.25) is 9.69 Å². The van der Waals surface area contributed by atoms with Gasteiger partial charge in [0.1, 0.15) is 11.4 Å². The van der Waals surface area contributed by atoms with Crippen molar-refractivity contribution >= 4 is 22.6 Å². The van der Waals surface area contributed by atoms with Crippen molar-refractivity contribution in [3.8, 4) is 0 Å². The third kappa shape index (κ3) is 6.43. The fourth-order valence-electron chi connectivity index (χ4n) is 5.27. The van der Waals surface area contributed by atoms with Crippen LogP contribution < -0.4 is 10.3 Å². The summed E-state index contributed by atoms with van der Waals surface area (Å²) in [6.07, 6.45) is 15.3. The van der Waals surface area contributed by atoms with Crippen molar-refractivity contribution in [2.24, 2.45) is 0 Å². The number of aromatic carboxylic acids is 1.